The quantitative estimate of drug-likeness (QED) is 0.264. The molecule has 0 bridgehead atoms. The molecule has 0 aromatic heterocycles. The summed E-state index contributed by atoms with van der Waals surface area (Å²) < 4.78 is 17.3. The van der Waals surface area contributed by atoms with Gasteiger partial charge in [-0.3, -0.25) is 19.2 Å². The lowest BCUT2D eigenvalue weighted by molar-refractivity contribution is -0.195. The number of ketones is 3. The van der Waals surface area contributed by atoms with Gasteiger partial charge in [-0.1, -0.05) is 34.6 Å². The summed E-state index contributed by atoms with van der Waals surface area (Å²) >= 11 is 0. The lowest BCUT2D eigenvalue weighted by Crippen LogP contribution is -2.60. The van der Waals surface area contributed by atoms with Crippen molar-refractivity contribution in [3.8, 4) is 0 Å². The van der Waals surface area contributed by atoms with Gasteiger partial charge in [0.2, 0.25) is 6.29 Å². The first-order valence-electron chi connectivity index (χ1n) is 16.0. The fourth-order valence-electron chi connectivity index (χ4n) is 9.47. The van der Waals surface area contributed by atoms with Crippen LogP contribution in [0.25, 0.3) is 0 Å². The molecule has 5 aliphatic rings. The van der Waals surface area contributed by atoms with Crippen LogP contribution in [-0.2, 0) is 33.4 Å². The van der Waals surface area contributed by atoms with Gasteiger partial charge in [-0.25, -0.2) is 0 Å². The molecule has 0 N–H and O–H groups in total. The third-order valence-electron chi connectivity index (χ3n) is 12.0. The average molecular weight is 559 g/mol. The van der Waals surface area contributed by atoms with E-state index >= 15 is 0 Å². The van der Waals surface area contributed by atoms with Crippen molar-refractivity contribution in [2.24, 2.45) is 52.3 Å². The zero-order valence-corrected chi connectivity index (χ0v) is 25.2. The summed E-state index contributed by atoms with van der Waals surface area (Å²) in [5.74, 6) is 1.09. The first kappa shape index (κ1) is 29.9. The Hall–Kier alpha value is -1.60. The SMILES string of the molecule is CC(C)C(OCC1CCCO1)OC(=O)CCC(C)C1CCC2C3C(=O)CC4CC(=O)CCC4(C)C3CC(=O)C12C. The molecule has 1 heterocycles. The number of carbonyl (C=O) groups excluding carboxylic acids is 4. The summed E-state index contributed by atoms with van der Waals surface area (Å²) in [5, 5.41) is 0. The van der Waals surface area contributed by atoms with Crippen molar-refractivity contribution >= 4 is 23.3 Å². The minimum atomic E-state index is -0.588. The number of hydrogen-bond donors (Lipinski definition) is 0. The van der Waals surface area contributed by atoms with Crippen molar-refractivity contribution in [2.45, 2.75) is 118 Å². The van der Waals surface area contributed by atoms with E-state index in [9.17, 15) is 19.2 Å². The first-order chi connectivity index (χ1) is 18.9. The van der Waals surface area contributed by atoms with Gasteiger partial charge in [-0.2, -0.15) is 0 Å². The van der Waals surface area contributed by atoms with Crippen LogP contribution in [0, 0.1) is 52.3 Å². The Labute approximate surface area is 239 Å². The second-order valence-corrected chi connectivity index (χ2v) is 14.5. The molecule has 5 rings (SSSR count). The van der Waals surface area contributed by atoms with Crippen LogP contribution in [0.2, 0.25) is 0 Å². The fourth-order valence-corrected chi connectivity index (χ4v) is 9.47. The molecule has 7 nitrogen and oxygen atoms in total. The Bertz CT molecular complexity index is 999. The Morgan fingerprint density at radius 3 is 2.50 bits per heavy atom. The highest BCUT2D eigenvalue weighted by Crippen LogP contribution is 2.66. The van der Waals surface area contributed by atoms with Crippen LogP contribution in [-0.4, -0.2) is 48.9 Å². The Morgan fingerprint density at radius 1 is 1.02 bits per heavy atom. The van der Waals surface area contributed by atoms with Gasteiger partial charge < -0.3 is 14.2 Å². The smallest absolute Gasteiger partial charge is 0.308 e. The molecule has 10 unspecified atom stereocenters. The van der Waals surface area contributed by atoms with E-state index in [0.717, 1.165) is 38.7 Å². The molecule has 4 aliphatic carbocycles. The van der Waals surface area contributed by atoms with Crippen LogP contribution in [0.3, 0.4) is 0 Å². The van der Waals surface area contributed by atoms with Crippen LogP contribution in [0.15, 0.2) is 0 Å². The van der Waals surface area contributed by atoms with E-state index in [2.05, 4.69) is 20.8 Å². The molecular formula is C33H50O7. The molecule has 1 saturated heterocycles. The second kappa shape index (κ2) is 11.6. The van der Waals surface area contributed by atoms with Crippen molar-refractivity contribution < 1.29 is 33.4 Å². The zero-order chi connectivity index (χ0) is 28.8. The molecule has 5 fully saturated rings. The zero-order valence-electron chi connectivity index (χ0n) is 25.2. The molecule has 0 amide bonds. The van der Waals surface area contributed by atoms with Crippen LogP contribution in [0.1, 0.15) is 105 Å². The lowest BCUT2D eigenvalue weighted by atomic mass is 9.44. The second-order valence-electron chi connectivity index (χ2n) is 14.5. The van der Waals surface area contributed by atoms with Crippen molar-refractivity contribution in [3.63, 3.8) is 0 Å². The van der Waals surface area contributed by atoms with E-state index in [1.165, 1.54) is 0 Å². The molecule has 0 aromatic rings. The molecule has 10 atom stereocenters. The maximum Gasteiger partial charge on any atom is 0.308 e. The first-order valence-corrected chi connectivity index (χ1v) is 16.0. The minimum Gasteiger partial charge on any atom is -0.435 e. The number of ether oxygens (including phenoxy) is 3. The molecule has 0 radical (unpaired) electrons. The maximum atomic E-state index is 14.0. The largest absolute Gasteiger partial charge is 0.435 e. The molecule has 224 valence electrons. The van der Waals surface area contributed by atoms with E-state index in [4.69, 9.17) is 14.2 Å². The lowest BCUT2D eigenvalue weighted by Gasteiger charge is -2.58. The van der Waals surface area contributed by atoms with Crippen LogP contribution in [0.4, 0.5) is 0 Å². The summed E-state index contributed by atoms with van der Waals surface area (Å²) in [6, 6.07) is 0. The van der Waals surface area contributed by atoms with Gasteiger partial charge in [0.05, 0.1) is 12.7 Å². The van der Waals surface area contributed by atoms with Crippen molar-refractivity contribution in [1.29, 1.82) is 0 Å². The highest BCUT2D eigenvalue weighted by molar-refractivity contribution is 5.93. The van der Waals surface area contributed by atoms with E-state index in [1.807, 2.05) is 13.8 Å². The van der Waals surface area contributed by atoms with Crippen molar-refractivity contribution in [1.82, 2.24) is 0 Å². The van der Waals surface area contributed by atoms with Gasteiger partial charge in [0.25, 0.3) is 0 Å². The van der Waals surface area contributed by atoms with E-state index in [-0.39, 0.29) is 76.9 Å². The van der Waals surface area contributed by atoms with Gasteiger partial charge >= 0.3 is 5.97 Å². The Morgan fingerprint density at radius 2 is 1.80 bits per heavy atom. The van der Waals surface area contributed by atoms with Crippen LogP contribution in [0.5, 0.6) is 0 Å². The van der Waals surface area contributed by atoms with E-state index < -0.39 is 11.7 Å². The van der Waals surface area contributed by atoms with Gasteiger partial charge in [0, 0.05) is 56.0 Å². The molecular weight excluding hydrogens is 508 g/mol. The average Bonchev–Trinajstić information content (AvgIpc) is 3.55. The summed E-state index contributed by atoms with van der Waals surface area (Å²) in [7, 11) is 0. The Kier molecular flexibility index (Phi) is 8.65. The number of carbonyl (C=O) groups is 4. The maximum absolute atomic E-state index is 14.0. The third-order valence-corrected chi connectivity index (χ3v) is 12.0. The third kappa shape index (κ3) is 5.34. The fraction of sp³-hybridized carbons (Fsp3) is 0.879. The Balaban J connectivity index is 1.21. The summed E-state index contributed by atoms with van der Waals surface area (Å²) in [5.41, 5.74) is -0.630. The highest BCUT2D eigenvalue weighted by atomic mass is 16.7. The summed E-state index contributed by atoms with van der Waals surface area (Å²) in [6.07, 6.45) is 7.07. The van der Waals surface area contributed by atoms with E-state index in [1.54, 1.807) is 0 Å². The molecule has 1 aliphatic heterocycles. The van der Waals surface area contributed by atoms with Gasteiger partial charge in [0.15, 0.2) is 0 Å². The standard InChI is InChI=1S/C33H50O7/c1-19(2)31(39-18-23-7-6-14-38-23)40-29(37)11-8-20(3)24-9-10-25-30-26(17-28(36)33(24,25)5)32(4)13-12-22(34)15-21(32)16-27(30)35/h19-21,23-26,30-31H,6-18H2,1-5H3. The predicted octanol–water partition coefficient (Wildman–Crippen LogP) is 5.71. The molecule has 7 heteroatoms. The number of esters is 1. The van der Waals surface area contributed by atoms with Gasteiger partial charge in [-0.15, -0.1) is 0 Å². The van der Waals surface area contributed by atoms with Crippen LogP contribution < -0.4 is 0 Å². The van der Waals surface area contributed by atoms with E-state index in [0.29, 0.717) is 44.5 Å². The topological polar surface area (TPSA) is 96.0 Å². The molecule has 0 aromatic carbocycles. The highest BCUT2D eigenvalue weighted by Gasteiger charge is 2.66. The predicted molar refractivity (Wildman–Crippen MR) is 149 cm³/mol. The van der Waals surface area contributed by atoms with Gasteiger partial charge in [0.1, 0.15) is 17.3 Å². The monoisotopic (exact) mass is 558 g/mol. The summed E-state index contributed by atoms with van der Waals surface area (Å²) in [6.45, 7) is 11.7. The van der Waals surface area contributed by atoms with Gasteiger partial charge in [-0.05, 0) is 73.5 Å². The minimum absolute atomic E-state index is 0.0434. The summed E-state index contributed by atoms with van der Waals surface area (Å²) in [4.78, 5) is 52.7. The number of rotatable bonds is 9. The number of Topliss-reactive ketones (excluding diaryl/α,β-unsaturated/α-hetero) is 3. The number of hydrogen-bond acceptors (Lipinski definition) is 7. The van der Waals surface area contributed by atoms with Crippen molar-refractivity contribution in [3.05, 3.63) is 0 Å². The number of fused-ring (bicyclic) bond motifs is 5. The van der Waals surface area contributed by atoms with Crippen molar-refractivity contribution in [2.75, 3.05) is 13.2 Å². The molecule has 4 saturated carbocycles. The normalized spacial score (nSPS) is 40.9. The van der Waals surface area contributed by atoms with Crippen LogP contribution >= 0.6 is 0 Å². The molecule has 40 heavy (non-hydrogen) atoms. The molecule has 0 spiro atoms.